The number of aryl methyl sites for hydroxylation is 1. The third-order valence-electron chi connectivity index (χ3n) is 2.55. The van der Waals surface area contributed by atoms with Crippen LogP contribution in [0.25, 0.3) is 0 Å². The average molecular weight is 245 g/mol. The number of nitrogens with one attached hydrogen (secondary N) is 2. The Morgan fingerprint density at radius 2 is 2.00 bits per heavy atom. The molecule has 0 saturated heterocycles. The molecule has 18 heavy (non-hydrogen) atoms. The standard InChI is InChI=1S/C15H23N3/c1-4-11-17-15(16-5-2)18-12-10-14-8-6-13(3)7-9-14/h4,6-9H,1,5,10-12H2,2-3H3,(H2,16,17,18). The molecule has 0 aliphatic rings. The summed E-state index contributed by atoms with van der Waals surface area (Å²) < 4.78 is 0. The molecule has 1 aromatic rings. The van der Waals surface area contributed by atoms with Gasteiger partial charge in [-0.3, -0.25) is 4.99 Å². The lowest BCUT2D eigenvalue weighted by Gasteiger charge is -2.09. The van der Waals surface area contributed by atoms with Crippen molar-refractivity contribution < 1.29 is 0 Å². The summed E-state index contributed by atoms with van der Waals surface area (Å²) in [6.07, 6.45) is 2.79. The van der Waals surface area contributed by atoms with Crippen molar-refractivity contribution in [1.82, 2.24) is 10.6 Å². The molecule has 0 unspecified atom stereocenters. The zero-order valence-electron chi connectivity index (χ0n) is 11.4. The summed E-state index contributed by atoms with van der Waals surface area (Å²) in [6.45, 7) is 10.2. The number of benzene rings is 1. The first-order valence-electron chi connectivity index (χ1n) is 6.45. The summed E-state index contributed by atoms with van der Waals surface area (Å²) in [7, 11) is 0. The lowest BCUT2D eigenvalue weighted by atomic mass is 10.1. The van der Waals surface area contributed by atoms with Crippen molar-refractivity contribution in [3.05, 3.63) is 48.0 Å². The lowest BCUT2D eigenvalue weighted by Crippen LogP contribution is -2.37. The molecule has 0 heterocycles. The van der Waals surface area contributed by atoms with Crippen molar-refractivity contribution in [2.45, 2.75) is 20.3 Å². The van der Waals surface area contributed by atoms with Gasteiger partial charge in [-0.2, -0.15) is 0 Å². The molecule has 98 valence electrons. The van der Waals surface area contributed by atoms with Crippen LogP contribution in [0.3, 0.4) is 0 Å². The third-order valence-corrected chi connectivity index (χ3v) is 2.55. The first-order valence-corrected chi connectivity index (χ1v) is 6.45. The van der Waals surface area contributed by atoms with E-state index in [0.717, 1.165) is 32.0 Å². The number of nitrogens with zero attached hydrogens (tertiary/aromatic N) is 1. The van der Waals surface area contributed by atoms with Crippen LogP contribution < -0.4 is 10.6 Å². The van der Waals surface area contributed by atoms with Crippen LogP contribution in [0.1, 0.15) is 18.1 Å². The molecule has 0 saturated carbocycles. The van der Waals surface area contributed by atoms with E-state index >= 15 is 0 Å². The highest BCUT2D eigenvalue weighted by molar-refractivity contribution is 5.79. The molecule has 0 spiro atoms. The summed E-state index contributed by atoms with van der Waals surface area (Å²) in [5.41, 5.74) is 2.62. The van der Waals surface area contributed by atoms with Gasteiger partial charge in [-0.15, -0.1) is 6.58 Å². The summed E-state index contributed by atoms with van der Waals surface area (Å²) in [5, 5.41) is 6.39. The van der Waals surface area contributed by atoms with Crippen LogP contribution in [-0.4, -0.2) is 25.6 Å². The van der Waals surface area contributed by atoms with Crippen molar-refractivity contribution in [2.24, 2.45) is 4.99 Å². The molecule has 0 fully saturated rings. The van der Waals surface area contributed by atoms with Gasteiger partial charge in [-0.25, -0.2) is 0 Å². The fraction of sp³-hybridized carbons (Fsp3) is 0.400. The second-order valence-corrected chi connectivity index (χ2v) is 4.17. The van der Waals surface area contributed by atoms with Gasteiger partial charge in [0.1, 0.15) is 0 Å². The SMILES string of the molecule is C=CCNC(=NCCc1ccc(C)cc1)NCC. The molecule has 1 rings (SSSR count). The first-order chi connectivity index (χ1) is 8.76. The molecule has 1 aromatic carbocycles. The monoisotopic (exact) mass is 245 g/mol. The summed E-state index contributed by atoms with van der Waals surface area (Å²) >= 11 is 0. The number of hydrogen-bond donors (Lipinski definition) is 2. The minimum Gasteiger partial charge on any atom is -0.357 e. The van der Waals surface area contributed by atoms with E-state index in [1.807, 2.05) is 6.08 Å². The molecule has 3 heteroatoms. The van der Waals surface area contributed by atoms with E-state index in [1.54, 1.807) is 0 Å². The largest absolute Gasteiger partial charge is 0.357 e. The molecule has 0 bridgehead atoms. The molecule has 0 aliphatic carbocycles. The van der Waals surface area contributed by atoms with E-state index in [1.165, 1.54) is 11.1 Å². The van der Waals surface area contributed by atoms with Gasteiger partial charge in [-0.05, 0) is 25.8 Å². The first kappa shape index (κ1) is 14.3. The van der Waals surface area contributed by atoms with Gasteiger partial charge in [0, 0.05) is 19.6 Å². The molecule has 2 N–H and O–H groups in total. The van der Waals surface area contributed by atoms with Gasteiger partial charge >= 0.3 is 0 Å². The highest BCUT2D eigenvalue weighted by Gasteiger charge is 1.95. The predicted octanol–water partition coefficient (Wildman–Crippen LogP) is 2.28. The van der Waals surface area contributed by atoms with Gasteiger partial charge in [0.05, 0.1) is 0 Å². The minimum absolute atomic E-state index is 0.733. The van der Waals surface area contributed by atoms with E-state index in [9.17, 15) is 0 Å². The molecule has 3 nitrogen and oxygen atoms in total. The zero-order valence-corrected chi connectivity index (χ0v) is 11.4. The Balaban J connectivity index is 2.44. The van der Waals surface area contributed by atoms with Crippen LogP contribution in [-0.2, 0) is 6.42 Å². The molecule has 0 aliphatic heterocycles. The maximum Gasteiger partial charge on any atom is 0.191 e. The minimum atomic E-state index is 0.733. The molecular weight excluding hydrogens is 222 g/mol. The van der Waals surface area contributed by atoms with Gasteiger partial charge < -0.3 is 10.6 Å². The number of guanidine groups is 1. The fourth-order valence-electron chi connectivity index (χ4n) is 1.56. The van der Waals surface area contributed by atoms with Crippen molar-refractivity contribution in [3.63, 3.8) is 0 Å². The Morgan fingerprint density at radius 3 is 2.61 bits per heavy atom. The average Bonchev–Trinajstić information content (AvgIpc) is 2.38. The maximum absolute atomic E-state index is 4.52. The van der Waals surface area contributed by atoms with Gasteiger partial charge in [0.2, 0.25) is 0 Å². The Hall–Kier alpha value is -1.77. The van der Waals surface area contributed by atoms with Crippen molar-refractivity contribution in [2.75, 3.05) is 19.6 Å². The van der Waals surface area contributed by atoms with E-state index in [4.69, 9.17) is 0 Å². The Labute approximate surface area is 110 Å². The van der Waals surface area contributed by atoms with Crippen LogP contribution >= 0.6 is 0 Å². The van der Waals surface area contributed by atoms with Crippen LogP contribution in [0.5, 0.6) is 0 Å². The van der Waals surface area contributed by atoms with E-state index in [0.29, 0.717) is 0 Å². The lowest BCUT2D eigenvalue weighted by molar-refractivity contribution is 0.851. The third kappa shape index (κ3) is 5.53. The van der Waals surface area contributed by atoms with Gasteiger partial charge in [0.25, 0.3) is 0 Å². The van der Waals surface area contributed by atoms with Gasteiger partial charge in [0.15, 0.2) is 5.96 Å². The normalized spacial score (nSPS) is 11.1. The van der Waals surface area contributed by atoms with Crippen molar-refractivity contribution in [1.29, 1.82) is 0 Å². The van der Waals surface area contributed by atoms with E-state index in [2.05, 4.69) is 60.3 Å². The summed E-state index contributed by atoms with van der Waals surface area (Å²) in [4.78, 5) is 4.52. The highest BCUT2D eigenvalue weighted by Crippen LogP contribution is 2.03. The number of hydrogen-bond acceptors (Lipinski definition) is 1. The Morgan fingerprint density at radius 1 is 1.28 bits per heavy atom. The van der Waals surface area contributed by atoms with Crippen LogP contribution in [0.2, 0.25) is 0 Å². The quantitative estimate of drug-likeness (QED) is 0.458. The molecule has 0 aromatic heterocycles. The van der Waals surface area contributed by atoms with Crippen LogP contribution in [0.15, 0.2) is 41.9 Å². The molecule has 0 atom stereocenters. The molecule has 0 amide bonds. The number of rotatable bonds is 6. The van der Waals surface area contributed by atoms with Crippen molar-refractivity contribution >= 4 is 5.96 Å². The fourth-order valence-corrected chi connectivity index (χ4v) is 1.56. The highest BCUT2D eigenvalue weighted by atomic mass is 15.2. The predicted molar refractivity (Wildman–Crippen MR) is 79.1 cm³/mol. The van der Waals surface area contributed by atoms with Crippen LogP contribution in [0.4, 0.5) is 0 Å². The number of aliphatic imine (C=N–C) groups is 1. The molecular formula is C15H23N3. The second-order valence-electron chi connectivity index (χ2n) is 4.17. The smallest absolute Gasteiger partial charge is 0.191 e. The van der Waals surface area contributed by atoms with Crippen molar-refractivity contribution in [3.8, 4) is 0 Å². The topological polar surface area (TPSA) is 36.4 Å². The zero-order chi connectivity index (χ0) is 13.2. The van der Waals surface area contributed by atoms with Crippen LogP contribution in [0, 0.1) is 6.92 Å². The van der Waals surface area contributed by atoms with E-state index in [-0.39, 0.29) is 0 Å². The van der Waals surface area contributed by atoms with Gasteiger partial charge in [-0.1, -0.05) is 35.9 Å². The summed E-state index contributed by atoms with van der Waals surface area (Å²) in [6, 6.07) is 8.60. The Bertz CT molecular complexity index is 379. The summed E-state index contributed by atoms with van der Waals surface area (Å²) in [5.74, 6) is 0.851. The second kappa shape index (κ2) is 8.34. The molecule has 0 radical (unpaired) electrons. The van der Waals surface area contributed by atoms with E-state index < -0.39 is 0 Å². The Kier molecular flexibility index (Phi) is 6.62. The maximum atomic E-state index is 4.52.